The molecule has 2 atom stereocenters. The van der Waals surface area contributed by atoms with Crippen LogP contribution in [0.1, 0.15) is 22.7 Å². The minimum absolute atomic E-state index is 0.250. The SMILES string of the molecule is Cc1nn(-c2cccc(Cl)c2)c2c1[C@H]1c3cc4ccccc4nc3SC[C@H]1CO2. The van der Waals surface area contributed by atoms with Crippen molar-refractivity contribution >= 4 is 34.3 Å². The second kappa shape index (κ2) is 6.51. The topological polar surface area (TPSA) is 39.9 Å². The van der Waals surface area contributed by atoms with Crippen LogP contribution in [0.3, 0.4) is 0 Å². The first-order valence-electron chi connectivity index (χ1n) is 9.70. The number of aryl methyl sites for hydroxylation is 1. The number of para-hydroxylation sites is 1. The van der Waals surface area contributed by atoms with E-state index in [0.717, 1.165) is 33.6 Å². The van der Waals surface area contributed by atoms with Crippen LogP contribution in [-0.2, 0) is 0 Å². The van der Waals surface area contributed by atoms with Gasteiger partial charge in [-0.1, -0.05) is 35.9 Å². The molecule has 29 heavy (non-hydrogen) atoms. The van der Waals surface area contributed by atoms with Gasteiger partial charge in [-0.3, -0.25) is 0 Å². The number of benzene rings is 2. The monoisotopic (exact) mass is 419 g/mol. The number of ether oxygens (including phenoxy) is 1. The molecule has 0 N–H and O–H groups in total. The van der Waals surface area contributed by atoms with Crippen molar-refractivity contribution < 1.29 is 4.74 Å². The van der Waals surface area contributed by atoms with E-state index >= 15 is 0 Å². The van der Waals surface area contributed by atoms with Gasteiger partial charge in [0, 0.05) is 33.6 Å². The number of pyridine rings is 1. The number of hydrogen-bond acceptors (Lipinski definition) is 4. The molecule has 0 spiro atoms. The van der Waals surface area contributed by atoms with Gasteiger partial charge in [-0.05, 0) is 42.8 Å². The fraction of sp³-hybridized carbons (Fsp3) is 0.217. The van der Waals surface area contributed by atoms with Gasteiger partial charge in [0.05, 0.1) is 23.5 Å². The van der Waals surface area contributed by atoms with Crippen LogP contribution < -0.4 is 4.74 Å². The first-order valence-corrected chi connectivity index (χ1v) is 11.1. The second-order valence-corrected chi connectivity index (χ2v) is 9.08. The van der Waals surface area contributed by atoms with Gasteiger partial charge in [-0.15, -0.1) is 11.8 Å². The lowest BCUT2D eigenvalue weighted by atomic mass is 9.80. The van der Waals surface area contributed by atoms with Crippen LogP contribution in [0.5, 0.6) is 5.88 Å². The van der Waals surface area contributed by atoms with Gasteiger partial charge in [0.25, 0.3) is 0 Å². The van der Waals surface area contributed by atoms with Crippen molar-refractivity contribution in [3.63, 3.8) is 0 Å². The number of hydrogen-bond donors (Lipinski definition) is 0. The molecule has 2 aliphatic rings. The van der Waals surface area contributed by atoms with Gasteiger partial charge in [0.2, 0.25) is 5.88 Å². The summed E-state index contributed by atoms with van der Waals surface area (Å²) in [5, 5.41) is 7.84. The van der Waals surface area contributed by atoms with E-state index in [4.69, 9.17) is 26.4 Å². The van der Waals surface area contributed by atoms with Gasteiger partial charge >= 0.3 is 0 Å². The molecule has 0 saturated carbocycles. The Kier molecular flexibility index (Phi) is 3.90. The Morgan fingerprint density at radius 3 is 2.93 bits per heavy atom. The largest absolute Gasteiger partial charge is 0.477 e. The van der Waals surface area contributed by atoms with Crippen molar-refractivity contribution in [3.8, 4) is 11.6 Å². The Hall–Kier alpha value is -2.50. The summed E-state index contributed by atoms with van der Waals surface area (Å²) in [5.74, 6) is 2.50. The lowest BCUT2D eigenvalue weighted by Gasteiger charge is -2.36. The molecule has 0 aliphatic carbocycles. The van der Waals surface area contributed by atoms with Crippen molar-refractivity contribution in [3.05, 3.63) is 76.4 Å². The minimum Gasteiger partial charge on any atom is -0.477 e. The lowest BCUT2D eigenvalue weighted by molar-refractivity contribution is 0.205. The fourth-order valence-corrected chi connectivity index (χ4v) is 5.87. The van der Waals surface area contributed by atoms with Crippen molar-refractivity contribution in [2.24, 2.45) is 5.92 Å². The predicted octanol–water partition coefficient (Wildman–Crippen LogP) is 5.63. The van der Waals surface area contributed by atoms with Gasteiger partial charge in [0.1, 0.15) is 5.03 Å². The fourth-order valence-electron chi connectivity index (χ4n) is 4.51. The lowest BCUT2D eigenvalue weighted by Crippen LogP contribution is -2.32. The van der Waals surface area contributed by atoms with E-state index in [1.807, 2.05) is 46.8 Å². The Morgan fingerprint density at radius 1 is 1.14 bits per heavy atom. The molecule has 6 rings (SSSR count). The molecule has 4 aromatic rings. The Bertz CT molecular complexity index is 1270. The molecule has 0 fully saturated rings. The van der Waals surface area contributed by atoms with Gasteiger partial charge in [-0.25, -0.2) is 9.67 Å². The predicted molar refractivity (Wildman–Crippen MR) is 117 cm³/mol. The molecule has 2 aliphatic heterocycles. The zero-order chi connectivity index (χ0) is 19.5. The summed E-state index contributed by atoms with van der Waals surface area (Å²) >= 11 is 8.06. The summed E-state index contributed by atoms with van der Waals surface area (Å²) in [6.45, 7) is 2.75. The van der Waals surface area contributed by atoms with Crippen LogP contribution in [0, 0.1) is 12.8 Å². The molecule has 0 bridgehead atoms. The summed E-state index contributed by atoms with van der Waals surface area (Å²) in [6, 6.07) is 18.4. The van der Waals surface area contributed by atoms with E-state index < -0.39 is 0 Å². The zero-order valence-electron chi connectivity index (χ0n) is 15.8. The van der Waals surface area contributed by atoms with E-state index in [0.29, 0.717) is 17.5 Å². The molecule has 6 heteroatoms. The minimum atomic E-state index is 0.250. The molecule has 0 unspecified atom stereocenters. The van der Waals surface area contributed by atoms with Crippen LogP contribution in [-0.4, -0.2) is 27.1 Å². The van der Waals surface area contributed by atoms with Crippen LogP contribution in [0.2, 0.25) is 5.02 Å². The normalized spacial score (nSPS) is 19.9. The van der Waals surface area contributed by atoms with E-state index in [1.165, 1.54) is 16.5 Å². The third kappa shape index (κ3) is 2.68. The third-order valence-corrected chi connectivity index (χ3v) is 7.25. The van der Waals surface area contributed by atoms with E-state index in [9.17, 15) is 0 Å². The average molecular weight is 420 g/mol. The Labute approximate surface area is 177 Å². The molecular formula is C23H18ClN3OS. The summed E-state index contributed by atoms with van der Waals surface area (Å²) in [7, 11) is 0. The summed E-state index contributed by atoms with van der Waals surface area (Å²) in [4.78, 5) is 4.96. The highest BCUT2D eigenvalue weighted by Gasteiger charge is 2.41. The van der Waals surface area contributed by atoms with Gasteiger partial charge in [-0.2, -0.15) is 5.10 Å². The summed E-state index contributed by atoms with van der Waals surface area (Å²) in [6.07, 6.45) is 0. The maximum Gasteiger partial charge on any atom is 0.220 e. The Balaban J connectivity index is 1.56. The van der Waals surface area contributed by atoms with Gasteiger partial charge in [0.15, 0.2) is 0 Å². The zero-order valence-corrected chi connectivity index (χ0v) is 17.4. The number of nitrogens with zero attached hydrogens (tertiary/aromatic N) is 3. The summed E-state index contributed by atoms with van der Waals surface area (Å²) in [5.41, 5.74) is 5.45. The first-order chi connectivity index (χ1) is 14.2. The second-order valence-electron chi connectivity index (χ2n) is 7.63. The first kappa shape index (κ1) is 17.4. The van der Waals surface area contributed by atoms with Gasteiger partial charge < -0.3 is 4.74 Å². The molecule has 4 heterocycles. The third-order valence-electron chi connectivity index (χ3n) is 5.82. The standard InChI is InChI=1S/C23H18ClN3OS/c1-13-20-21-15(11-28-23(20)27(26-13)17-7-4-6-16(24)10-17)12-29-22-18(21)9-14-5-2-3-8-19(14)25-22/h2-10,15,21H,11-12H2,1H3/t15-,21-/m1/s1. The number of halogens is 1. The average Bonchev–Trinajstić information content (AvgIpc) is 3.09. The highest BCUT2D eigenvalue weighted by atomic mass is 35.5. The van der Waals surface area contributed by atoms with Crippen LogP contribution >= 0.6 is 23.4 Å². The molecule has 0 radical (unpaired) electrons. The number of fused-ring (bicyclic) bond motifs is 6. The summed E-state index contributed by atoms with van der Waals surface area (Å²) < 4.78 is 8.16. The van der Waals surface area contributed by atoms with E-state index in [-0.39, 0.29) is 5.92 Å². The molecule has 4 nitrogen and oxygen atoms in total. The van der Waals surface area contributed by atoms with Crippen molar-refractivity contribution in [2.45, 2.75) is 17.9 Å². The molecule has 0 amide bonds. The number of rotatable bonds is 1. The smallest absolute Gasteiger partial charge is 0.220 e. The van der Waals surface area contributed by atoms with Crippen LogP contribution in [0.25, 0.3) is 16.6 Å². The Morgan fingerprint density at radius 2 is 2.03 bits per heavy atom. The molecule has 2 aromatic heterocycles. The highest BCUT2D eigenvalue weighted by Crippen LogP contribution is 2.51. The maximum absolute atomic E-state index is 6.27. The number of thioether (sulfide) groups is 1. The quantitative estimate of drug-likeness (QED) is 0.401. The molecule has 0 saturated heterocycles. The van der Waals surface area contributed by atoms with Crippen molar-refractivity contribution in [2.75, 3.05) is 12.4 Å². The highest BCUT2D eigenvalue weighted by molar-refractivity contribution is 7.99. The van der Waals surface area contributed by atoms with Crippen LogP contribution in [0.4, 0.5) is 0 Å². The maximum atomic E-state index is 6.27. The number of aromatic nitrogens is 3. The van der Waals surface area contributed by atoms with Crippen molar-refractivity contribution in [1.29, 1.82) is 0 Å². The molecule has 2 aromatic carbocycles. The van der Waals surface area contributed by atoms with Crippen molar-refractivity contribution in [1.82, 2.24) is 14.8 Å². The van der Waals surface area contributed by atoms with Crippen LogP contribution in [0.15, 0.2) is 59.6 Å². The molecular weight excluding hydrogens is 402 g/mol. The van der Waals surface area contributed by atoms with E-state index in [2.05, 4.69) is 31.2 Å². The molecule has 144 valence electrons. The van der Waals surface area contributed by atoms with E-state index in [1.54, 1.807) is 0 Å².